The van der Waals surface area contributed by atoms with E-state index >= 15 is 0 Å². The van der Waals surface area contributed by atoms with Gasteiger partial charge in [-0.1, -0.05) is 125 Å². The monoisotopic (exact) mass is 734 g/mol. The van der Waals surface area contributed by atoms with Crippen molar-refractivity contribution in [1.82, 2.24) is 0 Å². The fraction of sp³-hybridized carbons (Fsp3) is 0.643. The number of allylic oxidation sites excluding steroid dienone is 14. The summed E-state index contributed by atoms with van der Waals surface area (Å²) in [6.45, 7) is 5.04. The van der Waals surface area contributed by atoms with Crippen LogP contribution in [0.15, 0.2) is 85.1 Å². The van der Waals surface area contributed by atoms with Crippen molar-refractivity contribution in [1.29, 1.82) is 0 Å². The van der Waals surface area contributed by atoms with Crippen molar-refractivity contribution >= 4 is 13.8 Å². The average molecular weight is 734 g/mol. The second-order valence-corrected chi connectivity index (χ2v) is 15.0. The predicted octanol–water partition coefficient (Wildman–Crippen LogP) is 10.3. The molecule has 0 aromatic heterocycles. The van der Waals surface area contributed by atoms with E-state index in [0.29, 0.717) is 24.1 Å². The lowest BCUT2D eigenvalue weighted by molar-refractivity contribution is -0.870. The maximum absolute atomic E-state index is 12.4. The summed E-state index contributed by atoms with van der Waals surface area (Å²) < 4.78 is 34.1. The molecule has 8 nitrogen and oxygen atoms in total. The third-order valence-electron chi connectivity index (χ3n) is 7.46. The summed E-state index contributed by atoms with van der Waals surface area (Å²) in [4.78, 5) is 24.7. The molecule has 0 aliphatic heterocycles. The van der Waals surface area contributed by atoms with Gasteiger partial charge in [-0.15, -0.1) is 0 Å². The number of carbonyl (C=O) groups excluding carboxylic acids is 1. The molecule has 0 bridgehead atoms. The number of unbranched alkanes of at least 4 members (excludes halogenated alkanes) is 6. The molecule has 0 fully saturated rings. The summed E-state index contributed by atoms with van der Waals surface area (Å²) in [6.07, 6.45) is 45.0. The first-order chi connectivity index (χ1) is 24.6. The molecule has 51 heavy (non-hydrogen) atoms. The van der Waals surface area contributed by atoms with E-state index in [1.165, 1.54) is 0 Å². The normalized spacial score (nSPS) is 14.9. The Hall–Kier alpha value is -2.32. The Labute approximate surface area is 312 Å². The molecule has 2 unspecified atom stereocenters. The summed E-state index contributed by atoms with van der Waals surface area (Å²) >= 11 is 0. The van der Waals surface area contributed by atoms with Gasteiger partial charge in [0, 0.05) is 13.0 Å². The summed E-state index contributed by atoms with van der Waals surface area (Å²) in [5.41, 5.74) is 0. The first-order valence-electron chi connectivity index (χ1n) is 19.3. The molecule has 2 atom stereocenters. The van der Waals surface area contributed by atoms with E-state index < -0.39 is 13.9 Å². The van der Waals surface area contributed by atoms with Gasteiger partial charge in [0.15, 0.2) is 0 Å². The zero-order valence-electron chi connectivity index (χ0n) is 32.8. The van der Waals surface area contributed by atoms with Crippen LogP contribution in [0, 0.1) is 0 Å². The van der Waals surface area contributed by atoms with Crippen LogP contribution in [0.2, 0.25) is 0 Å². The van der Waals surface area contributed by atoms with Crippen molar-refractivity contribution < 1.29 is 37.3 Å². The van der Waals surface area contributed by atoms with Gasteiger partial charge in [0.05, 0.1) is 34.4 Å². The molecule has 9 heteroatoms. The highest BCUT2D eigenvalue weighted by Gasteiger charge is 2.20. The van der Waals surface area contributed by atoms with E-state index in [4.69, 9.17) is 18.5 Å². The Balaban J connectivity index is 4.20. The topological polar surface area (TPSA) is 94.1 Å². The van der Waals surface area contributed by atoms with Crippen molar-refractivity contribution in [2.45, 2.75) is 123 Å². The minimum absolute atomic E-state index is 0.0127. The van der Waals surface area contributed by atoms with Gasteiger partial charge in [-0.05, 0) is 70.6 Å². The summed E-state index contributed by atoms with van der Waals surface area (Å²) in [7, 11) is 1.31. The molecule has 0 aliphatic rings. The molecule has 0 heterocycles. The lowest BCUT2D eigenvalue weighted by atomic mass is 10.1. The lowest BCUT2D eigenvalue weighted by Gasteiger charge is -2.28. The SMILES string of the molecule is CC/C=C\C/C=C\C/C=C\C/C=C\C/C=C\C/C=C\C/C=C\CCCCOCC(COP(=O)([O-])OCC[N+](C)(C)C)OC(=O)CCCCCCC. The van der Waals surface area contributed by atoms with Crippen LogP contribution < -0.4 is 4.89 Å². The fourth-order valence-electron chi connectivity index (χ4n) is 4.46. The summed E-state index contributed by atoms with van der Waals surface area (Å²) in [6, 6.07) is 0. The highest BCUT2D eigenvalue weighted by molar-refractivity contribution is 7.45. The molecule has 0 radical (unpaired) electrons. The van der Waals surface area contributed by atoms with Gasteiger partial charge in [0.25, 0.3) is 7.82 Å². The number of likely N-dealkylation sites (N-methyl/N-ethyl adjacent to an activating group) is 1. The minimum atomic E-state index is -4.52. The van der Waals surface area contributed by atoms with Crippen LogP contribution in [0.1, 0.15) is 117 Å². The molecule has 0 rings (SSSR count). The van der Waals surface area contributed by atoms with Gasteiger partial charge in [0.1, 0.15) is 19.3 Å². The molecule has 0 saturated carbocycles. The first kappa shape index (κ1) is 48.7. The van der Waals surface area contributed by atoms with Gasteiger partial charge >= 0.3 is 5.97 Å². The zero-order valence-corrected chi connectivity index (χ0v) is 33.7. The van der Waals surface area contributed by atoms with Crippen molar-refractivity contribution in [3.05, 3.63) is 85.1 Å². The molecule has 0 aromatic carbocycles. The third-order valence-corrected chi connectivity index (χ3v) is 8.43. The maximum atomic E-state index is 12.4. The van der Waals surface area contributed by atoms with Crippen LogP contribution in [0.25, 0.3) is 0 Å². The molecule has 0 amide bonds. The van der Waals surface area contributed by atoms with E-state index in [1.807, 2.05) is 21.1 Å². The molecule has 292 valence electrons. The number of carbonyl (C=O) groups is 1. The Bertz CT molecular complexity index is 1090. The van der Waals surface area contributed by atoms with E-state index in [0.717, 1.165) is 96.3 Å². The first-order valence-corrected chi connectivity index (χ1v) is 20.8. The van der Waals surface area contributed by atoms with Crippen LogP contribution in [-0.4, -0.2) is 70.7 Å². The Morgan fingerprint density at radius 2 is 1.14 bits per heavy atom. The Kier molecular flexibility index (Phi) is 33.2. The third kappa shape index (κ3) is 38.7. The smallest absolute Gasteiger partial charge is 0.306 e. The van der Waals surface area contributed by atoms with E-state index in [-0.39, 0.29) is 25.8 Å². The number of nitrogens with zero attached hydrogens (tertiary/aromatic N) is 1. The van der Waals surface area contributed by atoms with Gasteiger partial charge in [0.2, 0.25) is 0 Å². The van der Waals surface area contributed by atoms with Crippen molar-refractivity contribution in [2.75, 3.05) is 54.1 Å². The lowest BCUT2D eigenvalue weighted by Crippen LogP contribution is -2.37. The van der Waals surface area contributed by atoms with Gasteiger partial charge in [-0.3, -0.25) is 9.36 Å². The van der Waals surface area contributed by atoms with Crippen LogP contribution in [0.5, 0.6) is 0 Å². The fourth-order valence-corrected chi connectivity index (χ4v) is 5.19. The number of hydrogen-bond donors (Lipinski definition) is 0. The number of quaternary nitrogens is 1. The number of ether oxygens (including phenoxy) is 2. The van der Waals surface area contributed by atoms with Crippen LogP contribution >= 0.6 is 7.82 Å². The molecule has 0 saturated heterocycles. The summed E-state index contributed by atoms with van der Waals surface area (Å²) in [5.74, 6) is -0.368. The molecular weight excluding hydrogens is 661 g/mol. The highest BCUT2D eigenvalue weighted by Crippen LogP contribution is 2.38. The van der Waals surface area contributed by atoms with Crippen LogP contribution in [0.4, 0.5) is 0 Å². The maximum Gasteiger partial charge on any atom is 0.306 e. The van der Waals surface area contributed by atoms with E-state index in [9.17, 15) is 14.3 Å². The molecule has 0 N–H and O–H groups in total. The number of hydrogen-bond acceptors (Lipinski definition) is 7. The summed E-state index contributed by atoms with van der Waals surface area (Å²) in [5, 5.41) is 0. The predicted molar refractivity (Wildman–Crippen MR) is 212 cm³/mol. The van der Waals surface area contributed by atoms with Gasteiger partial charge in [-0.25, -0.2) is 0 Å². The molecule has 0 aromatic rings. The van der Waals surface area contributed by atoms with Gasteiger partial charge < -0.3 is 27.9 Å². The van der Waals surface area contributed by atoms with Gasteiger partial charge in [-0.2, -0.15) is 0 Å². The Morgan fingerprint density at radius 3 is 1.65 bits per heavy atom. The standard InChI is InChI=1S/C42H72NO7P/c1-6-8-10-12-13-14-15-16-17-18-19-20-21-22-23-24-25-26-27-28-29-30-32-34-37-47-39-41(50-42(44)35-33-31-11-9-7-2)40-49-51(45,46)48-38-36-43(3,4)5/h8,10,13-14,16-17,19-20,22-23,25-26,28-29,41H,6-7,9,11-12,15,18,21,24,27,30-40H2,1-5H3/b10-8-,14-13-,17-16-,20-19-,23-22-,26-25-,29-28-. The molecule has 0 aliphatic carbocycles. The quantitative estimate of drug-likeness (QED) is 0.0214. The largest absolute Gasteiger partial charge is 0.756 e. The van der Waals surface area contributed by atoms with Crippen LogP contribution in [0.3, 0.4) is 0 Å². The number of phosphoric ester groups is 1. The minimum Gasteiger partial charge on any atom is -0.756 e. The van der Waals surface area contributed by atoms with E-state index in [1.54, 1.807) is 0 Å². The molecular formula is C42H72NO7P. The second kappa shape index (κ2) is 34.7. The zero-order chi connectivity index (χ0) is 37.7. The van der Waals surface area contributed by atoms with Crippen molar-refractivity contribution in [2.24, 2.45) is 0 Å². The number of rotatable bonds is 34. The van der Waals surface area contributed by atoms with E-state index in [2.05, 4.69) is 98.9 Å². The highest BCUT2D eigenvalue weighted by atomic mass is 31.2. The van der Waals surface area contributed by atoms with Crippen LogP contribution in [-0.2, 0) is 27.9 Å². The number of phosphoric acid groups is 1. The molecule has 0 spiro atoms. The Morgan fingerprint density at radius 1 is 0.627 bits per heavy atom. The van der Waals surface area contributed by atoms with Crippen molar-refractivity contribution in [3.63, 3.8) is 0 Å². The number of esters is 1. The second-order valence-electron chi connectivity index (χ2n) is 13.6. The van der Waals surface area contributed by atoms with Crippen molar-refractivity contribution in [3.8, 4) is 0 Å². The average Bonchev–Trinajstić information content (AvgIpc) is 3.07.